The van der Waals surface area contributed by atoms with Gasteiger partial charge in [-0.3, -0.25) is 4.79 Å². The maximum absolute atomic E-state index is 12.2. The number of amides is 1. The fraction of sp³-hybridized carbons (Fsp3) is 0.0476. The van der Waals surface area contributed by atoms with Crippen molar-refractivity contribution in [3.05, 3.63) is 74.1 Å². The van der Waals surface area contributed by atoms with Gasteiger partial charge >= 0.3 is 0 Å². The Morgan fingerprint density at radius 1 is 1.03 bits per heavy atom. The number of carbonyl (C=O) groups excluding carboxylic acids is 1. The zero-order valence-corrected chi connectivity index (χ0v) is 18.9. The minimum absolute atomic E-state index is 0.211. The summed E-state index contributed by atoms with van der Waals surface area (Å²) in [5.41, 5.74) is 2.38. The number of rotatable bonds is 5. The largest absolute Gasteiger partial charge is 0.482 e. The molecule has 0 fully saturated rings. The number of nitrogens with one attached hydrogen (secondary N) is 1. The van der Waals surface area contributed by atoms with Crippen LogP contribution in [-0.2, 0) is 4.79 Å². The van der Waals surface area contributed by atoms with Gasteiger partial charge in [-0.1, -0.05) is 50.7 Å². The number of fused-ring (bicyclic) bond motifs is 1. The lowest BCUT2D eigenvalue weighted by atomic mass is 10.2. The molecule has 0 radical (unpaired) electrons. The summed E-state index contributed by atoms with van der Waals surface area (Å²) in [5.74, 6) is 0.415. The summed E-state index contributed by atoms with van der Waals surface area (Å²) >= 11 is 21.6. The Balaban J connectivity index is 1.48. The second-order valence-corrected chi connectivity index (χ2v) is 8.40. The molecule has 4 aromatic rings. The molecule has 1 amide bonds. The van der Waals surface area contributed by atoms with Gasteiger partial charge in [0.25, 0.3) is 5.91 Å². The van der Waals surface area contributed by atoms with Crippen LogP contribution in [0.25, 0.3) is 22.6 Å². The van der Waals surface area contributed by atoms with Gasteiger partial charge in [0.15, 0.2) is 12.2 Å². The lowest BCUT2D eigenvalue weighted by molar-refractivity contribution is -0.118. The van der Waals surface area contributed by atoms with Crippen LogP contribution in [0.5, 0.6) is 5.75 Å². The van der Waals surface area contributed by atoms with Gasteiger partial charge < -0.3 is 14.5 Å². The molecule has 1 N–H and O–H groups in total. The molecule has 0 saturated carbocycles. The molecule has 9 heteroatoms. The first-order valence-corrected chi connectivity index (χ1v) is 10.6. The zero-order valence-electron chi connectivity index (χ0n) is 15.1. The van der Waals surface area contributed by atoms with Gasteiger partial charge in [0.05, 0.1) is 15.6 Å². The van der Waals surface area contributed by atoms with Crippen molar-refractivity contribution in [2.75, 3.05) is 11.9 Å². The maximum atomic E-state index is 12.2. The standard InChI is InChI=1S/C21H12BrCl3N2O3/c22-11-1-4-15(24)14(7-11)21-27-17-9-13(3-6-19(17)30-21)26-20(28)10-29-18-5-2-12(23)8-16(18)25/h1-9H,10H2,(H,26,28). The third kappa shape index (κ3) is 4.73. The molecule has 30 heavy (non-hydrogen) atoms. The molecule has 0 aliphatic rings. The zero-order chi connectivity index (χ0) is 21.3. The highest BCUT2D eigenvalue weighted by atomic mass is 79.9. The lowest BCUT2D eigenvalue weighted by Gasteiger charge is -2.09. The van der Waals surface area contributed by atoms with E-state index in [0.717, 1.165) is 4.47 Å². The Morgan fingerprint density at radius 2 is 1.87 bits per heavy atom. The summed E-state index contributed by atoms with van der Waals surface area (Å²) in [4.78, 5) is 16.7. The Kier molecular flexibility index (Phi) is 6.20. The molecule has 152 valence electrons. The third-order valence-electron chi connectivity index (χ3n) is 4.08. The van der Waals surface area contributed by atoms with Gasteiger partial charge in [-0.2, -0.15) is 0 Å². The van der Waals surface area contributed by atoms with Crippen molar-refractivity contribution < 1.29 is 13.9 Å². The van der Waals surface area contributed by atoms with E-state index >= 15 is 0 Å². The smallest absolute Gasteiger partial charge is 0.262 e. The molecule has 0 unspecified atom stereocenters. The number of oxazole rings is 1. The Bertz CT molecular complexity index is 1260. The van der Waals surface area contributed by atoms with E-state index in [2.05, 4.69) is 26.2 Å². The first kappa shape index (κ1) is 21.0. The minimum atomic E-state index is -0.348. The summed E-state index contributed by atoms with van der Waals surface area (Å²) in [6.07, 6.45) is 0. The topological polar surface area (TPSA) is 64.4 Å². The number of carbonyl (C=O) groups is 1. The number of ether oxygens (including phenoxy) is 1. The second kappa shape index (κ2) is 8.86. The average Bonchev–Trinajstić information content (AvgIpc) is 3.12. The fourth-order valence-corrected chi connectivity index (χ4v) is 3.74. The fourth-order valence-electron chi connectivity index (χ4n) is 2.71. The van der Waals surface area contributed by atoms with Crippen LogP contribution >= 0.6 is 50.7 Å². The van der Waals surface area contributed by atoms with Crippen molar-refractivity contribution in [1.82, 2.24) is 4.98 Å². The number of hydrogen-bond donors (Lipinski definition) is 1. The van der Waals surface area contributed by atoms with Crippen LogP contribution in [0.2, 0.25) is 15.1 Å². The molecular weight excluding hydrogens is 515 g/mol. The van der Waals surface area contributed by atoms with Crippen molar-refractivity contribution in [2.24, 2.45) is 0 Å². The monoisotopic (exact) mass is 524 g/mol. The number of aromatic nitrogens is 1. The predicted molar refractivity (Wildman–Crippen MR) is 123 cm³/mol. The molecule has 4 rings (SSSR count). The lowest BCUT2D eigenvalue weighted by Crippen LogP contribution is -2.20. The average molecular weight is 527 g/mol. The summed E-state index contributed by atoms with van der Waals surface area (Å²) < 4.78 is 12.1. The highest BCUT2D eigenvalue weighted by molar-refractivity contribution is 9.10. The van der Waals surface area contributed by atoms with Crippen LogP contribution in [-0.4, -0.2) is 17.5 Å². The maximum Gasteiger partial charge on any atom is 0.262 e. The summed E-state index contributed by atoms with van der Waals surface area (Å²) in [6, 6.07) is 15.4. The number of nitrogens with zero attached hydrogens (tertiary/aromatic N) is 1. The highest BCUT2D eigenvalue weighted by Crippen LogP contribution is 2.33. The van der Waals surface area contributed by atoms with Gasteiger partial charge in [-0.05, 0) is 54.6 Å². The van der Waals surface area contributed by atoms with Gasteiger partial charge in [-0.25, -0.2) is 4.98 Å². The van der Waals surface area contributed by atoms with Crippen molar-refractivity contribution in [1.29, 1.82) is 0 Å². The molecule has 0 spiro atoms. The van der Waals surface area contributed by atoms with Crippen LogP contribution in [0, 0.1) is 0 Å². The quantitative estimate of drug-likeness (QED) is 0.298. The highest BCUT2D eigenvalue weighted by Gasteiger charge is 2.14. The number of hydrogen-bond acceptors (Lipinski definition) is 4. The van der Waals surface area contributed by atoms with E-state index in [1.807, 2.05) is 12.1 Å². The molecule has 1 heterocycles. The van der Waals surface area contributed by atoms with Gasteiger partial charge in [0, 0.05) is 15.2 Å². The van der Waals surface area contributed by atoms with Crippen molar-refractivity contribution in [3.63, 3.8) is 0 Å². The van der Waals surface area contributed by atoms with E-state index in [4.69, 9.17) is 44.0 Å². The van der Waals surface area contributed by atoms with Crippen LogP contribution in [0.1, 0.15) is 0 Å². The summed E-state index contributed by atoms with van der Waals surface area (Å²) in [5, 5.41) is 4.10. The second-order valence-electron chi connectivity index (χ2n) is 6.24. The third-order valence-corrected chi connectivity index (χ3v) is 5.44. The molecule has 0 bridgehead atoms. The molecule has 0 atom stereocenters. The number of halogens is 4. The van der Waals surface area contributed by atoms with Crippen molar-refractivity contribution >= 4 is 73.4 Å². The van der Waals surface area contributed by atoms with Crippen LogP contribution in [0.4, 0.5) is 5.69 Å². The van der Waals surface area contributed by atoms with E-state index in [0.29, 0.717) is 49.1 Å². The Labute approximate surface area is 195 Å². The van der Waals surface area contributed by atoms with Crippen molar-refractivity contribution in [3.8, 4) is 17.2 Å². The van der Waals surface area contributed by atoms with E-state index in [1.54, 1.807) is 42.5 Å². The van der Waals surface area contributed by atoms with Crippen LogP contribution < -0.4 is 10.1 Å². The predicted octanol–water partition coefficient (Wildman–Crippen LogP) is 7.24. The SMILES string of the molecule is O=C(COc1ccc(Cl)cc1Cl)Nc1ccc2oc(-c3cc(Br)ccc3Cl)nc2c1. The Hall–Kier alpha value is -2.25. The normalized spacial score (nSPS) is 10.9. The molecule has 3 aromatic carbocycles. The van der Waals surface area contributed by atoms with E-state index in [-0.39, 0.29) is 12.5 Å². The molecule has 0 aliphatic heterocycles. The van der Waals surface area contributed by atoms with Crippen LogP contribution in [0.3, 0.4) is 0 Å². The van der Waals surface area contributed by atoms with Gasteiger partial charge in [-0.15, -0.1) is 0 Å². The number of anilines is 1. The van der Waals surface area contributed by atoms with E-state index < -0.39 is 0 Å². The summed E-state index contributed by atoms with van der Waals surface area (Å²) in [7, 11) is 0. The molecular formula is C21H12BrCl3N2O3. The van der Waals surface area contributed by atoms with Crippen molar-refractivity contribution in [2.45, 2.75) is 0 Å². The van der Waals surface area contributed by atoms with E-state index in [1.165, 1.54) is 0 Å². The molecule has 0 saturated heterocycles. The molecule has 0 aliphatic carbocycles. The van der Waals surface area contributed by atoms with Gasteiger partial charge in [0.1, 0.15) is 11.3 Å². The number of benzene rings is 3. The first-order chi connectivity index (χ1) is 14.4. The minimum Gasteiger partial charge on any atom is -0.482 e. The molecule has 5 nitrogen and oxygen atoms in total. The Morgan fingerprint density at radius 3 is 2.67 bits per heavy atom. The summed E-state index contributed by atoms with van der Waals surface area (Å²) in [6.45, 7) is -0.211. The first-order valence-electron chi connectivity index (χ1n) is 8.63. The molecule has 1 aromatic heterocycles. The van der Waals surface area contributed by atoms with E-state index in [9.17, 15) is 4.79 Å². The van der Waals surface area contributed by atoms with Gasteiger partial charge in [0.2, 0.25) is 5.89 Å². The van der Waals surface area contributed by atoms with Crippen LogP contribution in [0.15, 0.2) is 63.5 Å².